The predicted octanol–water partition coefficient (Wildman–Crippen LogP) is 2.86. The van der Waals surface area contributed by atoms with E-state index < -0.39 is 0 Å². The molecule has 1 N–H and O–H groups in total. The van der Waals surface area contributed by atoms with Crippen LogP contribution in [-0.2, 0) is 0 Å². The minimum absolute atomic E-state index is 0.520. The molecule has 0 amide bonds. The Balaban J connectivity index is 2.51. The molecule has 1 aromatic rings. The lowest BCUT2D eigenvalue weighted by Gasteiger charge is -2.04. The summed E-state index contributed by atoms with van der Waals surface area (Å²) in [6.45, 7) is 2.16. The molecule has 0 aliphatic carbocycles. The number of rotatable bonds is 4. The highest BCUT2D eigenvalue weighted by Crippen LogP contribution is 2.11. The molecular formula is C11H15BrN2. The molecule has 0 aromatic carbocycles. The van der Waals surface area contributed by atoms with Crippen LogP contribution in [0.4, 0.5) is 0 Å². The molecule has 1 atom stereocenters. The molecule has 0 saturated carbocycles. The number of hydrogen-bond acceptors (Lipinski definition) is 2. The fraction of sp³-hybridized carbons (Fsp3) is 0.364. The van der Waals surface area contributed by atoms with Crippen LogP contribution in [0.2, 0.25) is 0 Å². The molecule has 1 heterocycles. The van der Waals surface area contributed by atoms with Gasteiger partial charge in [0.15, 0.2) is 0 Å². The van der Waals surface area contributed by atoms with Gasteiger partial charge in [0, 0.05) is 22.9 Å². The summed E-state index contributed by atoms with van der Waals surface area (Å²) in [5.41, 5.74) is 1.13. The summed E-state index contributed by atoms with van der Waals surface area (Å²) in [7, 11) is 1.97. The molecular weight excluding hydrogens is 240 g/mol. The highest BCUT2D eigenvalue weighted by molar-refractivity contribution is 9.10. The van der Waals surface area contributed by atoms with Gasteiger partial charge in [0.05, 0.1) is 0 Å². The van der Waals surface area contributed by atoms with Crippen molar-refractivity contribution in [2.45, 2.75) is 19.4 Å². The highest BCUT2D eigenvalue weighted by atomic mass is 79.9. The second-order valence-electron chi connectivity index (χ2n) is 3.26. The highest BCUT2D eigenvalue weighted by Gasteiger charge is 1.93. The van der Waals surface area contributed by atoms with Crippen molar-refractivity contribution >= 4 is 22.0 Å². The minimum atomic E-state index is 0.520. The van der Waals surface area contributed by atoms with E-state index in [9.17, 15) is 0 Å². The monoisotopic (exact) mass is 254 g/mol. The third-order valence-electron chi connectivity index (χ3n) is 2.02. The van der Waals surface area contributed by atoms with Crippen LogP contribution in [0.25, 0.3) is 6.08 Å². The molecule has 0 aliphatic rings. The molecule has 0 bridgehead atoms. The van der Waals surface area contributed by atoms with Crippen LogP contribution in [0.5, 0.6) is 0 Å². The smallest absolute Gasteiger partial charge is 0.0410 e. The van der Waals surface area contributed by atoms with Gasteiger partial charge in [-0.3, -0.25) is 4.98 Å². The van der Waals surface area contributed by atoms with Crippen molar-refractivity contribution in [1.29, 1.82) is 0 Å². The topological polar surface area (TPSA) is 24.9 Å². The Morgan fingerprint density at radius 2 is 2.36 bits per heavy atom. The quantitative estimate of drug-likeness (QED) is 0.894. The maximum absolute atomic E-state index is 4.09. The van der Waals surface area contributed by atoms with Crippen molar-refractivity contribution < 1.29 is 0 Å². The minimum Gasteiger partial charge on any atom is -0.317 e. The van der Waals surface area contributed by atoms with Crippen LogP contribution < -0.4 is 5.32 Å². The van der Waals surface area contributed by atoms with E-state index in [-0.39, 0.29) is 0 Å². The number of nitrogens with zero attached hydrogens (tertiary/aromatic N) is 1. The zero-order chi connectivity index (χ0) is 10.4. The Labute approximate surface area is 93.6 Å². The van der Waals surface area contributed by atoms with E-state index in [0.29, 0.717) is 6.04 Å². The van der Waals surface area contributed by atoms with Gasteiger partial charge in [-0.1, -0.05) is 12.2 Å². The molecule has 76 valence electrons. The lowest BCUT2D eigenvalue weighted by molar-refractivity contribution is 0.621. The van der Waals surface area contributed by atoms with Crippen LogP contribution >= 0.6 is 15.9 Å². The van der Waals surface area contributed by atoms with Crippen LogP contribution in [0.3, 0.4) is 0 Å². The van der Waals surface area contributed by atoms with Gasteiger partial charge in [0.2, 0.25) is 0 Å². The molecule has 1 aromatic heterocycles. The third-order valence-corrected chi connectivity index (χ3v) is 2.45. The Bertz CT molecular complexity index is 310. The molecule has 0 aliphatic heterocycles. The predicted molar refractivity (Wildman–Crippen MR) is 64.1 cm³/mol. The first kappa shape index (κ1) is 11.4. The summed E-state index contributed by atoms with van der Waals surface area (Å²) in [4.78, 5) is 4.09. The van der Waals surface area contributed by atoms with Gasteiger partial charge < -0.3 is 5.32 Å². The first-order valence-electron chi connectivity index (χ1n) is 4.66. The van der Waals surface area contributed by atoms with Crippen molar-refractivity contribution in [3.05, 3.63) is 34.6 Å². The van der Waals surface area contributed by atoms with Gasteiger partial charge in [-0.15, -0.1) is 0 Å². The fourth-order valence-corrected chi connectivity index (χ4v) is 1.43. The van der Waals surface area contributed by atoms with Crippen molar-refractivity contribution in [3.8, 4) is 0 Å². The molecule has 1 unspecified atom stereocenters. The number of nitrogens with one attached hydrogen (secondary N) is 1. The van der Waals surface area contributed by atoms with Crippen molar-refractivity contribution in [3.63, 3.8) is 0 Å². The molecule has 2 nitrogen and oxygen atoms in total. The zero-order valence-electron chi connectivity index (χ0n) is 8.50. The molecule has 3 heteroatoms. The lowest BCUT2D eigenvalue weighted by Crippen LogP contribution is -2.19. The van der Waals surface area contributed by atoms with E-state index in [1.54, 1.807) is 6.20 Å². The fourth-order valence-electron chi connectivity index (χ4n) is 1.05. The van der Waals surface area contributed by atoms with E-state index in [1.165, 1.54) is 0 Å². The van der Waals surface area contributed by atoms with Gasteiger partial charge in [-0.25, -0.2) is 0 Å². The molecule has 14 heavy (non-hydrogen) atoms. The van der Waals surface area contributed by atoms with Gasteiger partial charge in [-0.2, -0.15) is 0 Å². The molecule has 0 radical (unpaired) electrons. The van der Waals surface area contributed by atoms with E-state index in [1.807, 2.05) is 19.3 Å². The molecule has 0 saturated heterocycles. The maximum atomic E-state index is 4.09. The Morgan fingerprint density at radius 1 is 1.57 bits per heavy atom. The van der Waals surface area contributed by atoms with Gasteiger partial charge in [-0.05, 0) is 48.0 Å². The first-order chi connectivity index (χ1) is 6.72. The van der Waals surface area contributed by atoms with Crippen molar-refractivity contribution in [1.82, 2.24) is 10.3 Å². The van der Waals surface area contributed by atoms with Crippen LogP contribution in [-0.4, -0.2) is 18.1 Å². The van der Waals surface area contributed by atoms with Crippen molar-refractivity contribution in [2.24, 2.45) is 0 Å². The SMILES string of the molecule is CNC(C)C/C=C/c1cncc(Br)c1. The Kier molecular flexibility index (Phi) is 4.84. The summed E-state index contributed by atoms with van der Waals surface area (Å²) in [6.07, 6.45) is 8.91. The second-order valence-corrected chi connectivity index (χ2v) is 4.18. The maximum Gasteiger partial charge on any atom is 0.0410 e. The summed E-state index contributed by atoms with van der Waals surface area (Å²) >= 11 is 3.39. The van der Waals surface area contributed by atoms with E-state index in [0.717, 1.165) is 16.5 Å². The number of pyridine rings is 1. The molecule has 0 spiro atoms. The lowest BCUT2D eigenvalue weighted by atomic mass is 10.2. The third kappa shape index (κ3) is 4.03. The molecule has 1 rings (SSSR count). The summed E-state index contributed by atoms with van der Waals surface area (Å²) in [5, 5.41) is 3.19. The largest absolute Gasteiger partial charge is 0.317 e. The Hall–Kier alpha value is -0.670. The first-order valence-corrected chi connectivity index (χ1v) is 5.46. The number of halogens is 1. The van der Waals surface area contributed by atoms with Gasteiger partial charge in [0.25, 0.3) is 0 Å². The van der Waals surface area contributed by atoms with E-state index >= 15 is 0 Å². The standard InChI is InChI=1S/C11H15BrN2/c1-9(13-2)4-3-5-10-6-11(12)8-14-7-10/h3,5-9,13H,4H2,1-2H3/b5-3+. The number of hydrogen-bond donors (Lipinski definition) is 1. The van der Waals surface area contributed by atoms with Crippen LogP contribution in [0.15, 0.2) is 29.0 Å². The average Bonchev–Trinajstić information content (AvgIpc) is 2.17. The van der Waals surface area contributed by atoms with Crippen LogP contribution in [0, 0.1) is 0 Å². The summed E-state index contributed by atoms with van der Waals surface area (Å²) in [5.74, 6) is 0. The van der Waals surface area contributed by atoms with Crippen LogP contribution in [0.1, 0.15) is 18.9 Å². The molecule has 0 fully saturated rings. The summed E-state index contributed by atoms with van der Waals surface area (Å²) in [6, 6.07) is 2.57. The van der Waals surface area contributed by atoms with E-state index in [4.69, 9.17) is 0 Å². The zero-order valence-corrected chi connectivity index (χ0v) is 10.1. The number of aromatic nitrogens is 1. The van der Waals surface area contributed by atoms with Gasteiger partial charge in [0.1, 0.15) is 0 Å². The second kappa shape index (κ2) is 5.94. The Morgan fingerprint density at radius 3 is 3.00 bits per heavy atom. The van der Waals surface area contributed by atoms with Gasteiger partial charge >= 0.3 is 0 Å². The summed E-state index contributed by atoms with van der Waals surface area (Å²) < 4.78 is 1.02. The normalized spacial score (nSPS) is 13.4. The average molecular weight is 255 g/mol. The van der Waals surface area contributed by atoms with E-state index in [2.05, 4.69) is 45.3 Å². The van der Waals surface area contributed by atoms with Crippen molar-refractivity contribution in [2.75, 3.05) is 7.05 Å².